The van der Waals surface area contributed by atoms with Crippen molar-refractivity contribution in [2.24, 2.45) is 5.92 Å². The van der Waals surface area contributed by atoms with Gasteiger partial charge in [0.05, 0.1) is 19.4 Å². The summed E-state index contributed by atoms with van der Waals surface area (Å²) in [6, 6.07) is 16.9. The number of rotatable bonds is 7. The summed E-state index contributed by atoms with van der Waals surface area (Å²) in [5, 5.41) is 0.636. The molecule has 0 saturated carbocycles. The second-order valence-corrected chi connectivity index (χ2v) is 6.42. The first-order valence-electron chi connectivity index (χ1n) is 8.13. The summed E-state index contributed by atoms with van der Waals surface area (Å²) in [6.07, 6.45) is 0.262. The number of carbonyl (C=O) groups is 2. The maximum absolute atomic E-state index is 12.8. The third-order valence-electron chi connectivity index (χ3n) is 3.94. The Hall–Kier alpha value is -2.33. The molecule has 0 aromatic heterocycles. The Balaban J connectivity index is 2.12. The van der Waals surface area contributed by atoms with Gasteiger partial charge in [-0.3, -0.25) is 9.59 Å². The van der Waals surface area contributed by atoms with Crippen molar-refractivity contribution in [1.29, 1.82) is 0 Å². The van der Waals surface area contributed by atoms with Crippen LogP contribution < -0.4 is 0 Å². The van der Waals surface area contributed by atoms with Gasteiger partial charge in [0.25, 0.3) is 0 Å². The highest BCUT2D eigenvalue weighted by atomic mass is 35.5. The highest BCUT2D eigenvalue weighted by molar-refractivity contribution is 6.30. The number of esters is 1. The molecule has 0 N–H and O–H groups in total. The van der Waals surface area contributed by atoms with Crippen LogP contribution in [0.4, 0.5) is 0 Å². The van der Waals surface area contributed by atoms with Crippen LogP contribution in [0.25, 0.3) is 0 Å². The van der Waals surface area contributed by atoms with E-state index in [1.165, 1.54) is 7.11 Å². The van der Waals surface area contributed by atoms with E-state index in [1.807, 2.05) is 42.5 Å². The molecule has 0 spiro atoms. The Labute approximate surface area is 153 Å². The molecule has 2 aromatic rings. The minimum absolute atomic E-state index is 0.0399. The van der Waals surface area contributed by atoms with Gasteiger partial charge in [-0.15, -0.1) is 0 Å². The van der Waals surface area contributed by atoms with Gasteiger partial charge in [0.15, 0.2) is 0 Å². The van der Waals surface area contributed by atoms with E-state index in [9.17, 15) is 9.59 Å². The number of amides is 1. The molecule has 0 heterocycles. The molecule has 25 heavy (non-hydrogen) atoms. The lowest BCUT2D eigenvalue weighted by Crippen LogP contribution is -2.37. The quantitative estimate of drug-likeness (QED) is 0.708. The van der Waals surface area contributed by atoms with Crippen molar-refractivity contribution in [3.8, 4) is 0 Å². The molecule has 0 fully saturated rings. The number of methoxy groups -OCH3 is 1. The van der Waals surface area contributed by atoms with E-state index in [-0.39, 0.29) is 24.2 Å². The molecule has 2 rings (SSSR count). The van der Waals surface area contributed by atoms with Gasteiger partial charge < -0.3 is 9.64 Å². The number of carbonyl (C=O) groups excluding carboxylic acids is 2. The van der Waals surface area contributed by atoms with Crippen LogP contribution in [0, 0.1) is 5.92 Å². The van der Waals surface area contributed by atoms with Crippen LogP contribution in [-0.4, -0.2) is 30.4 Å². The Morgan fingerprint density at radius 1 is 1.04 bits per heavy atom. The first-order chi connectivity index (χ1) is 12.0. The van der Waals surface area contributed by atoms with Crippen molar-refractivity contribution in [3.63, 3.8) is 0 Å². The lowest BCUT2D eigenvalue weighted by Gasteiger charge is -2.25. The Morgan fingerprint density at radius 2 is 1.68 bits per heavy atom. The molecule has 0 aliphatic rings. The zero-order valence-electron chi connectivity index (χ0n) is 14.4. The van der Waals surface area contributed by atoms with Gasteiger partial charge in [0.1, 0.15) is 0 Å². The molecule has 5 heteroatoms. The van der Waals surface area contributed by atoms with E-state index in [4.69, 9.17) is 16.3 Å². The monoisotopic (exact) mass is 359 g/mol. The van der Waals surface area contributed by atoms with E-state index >= 15 is 0 Å². The normalized spacial score (nSPS) is 11.6. The second kappa shape index (κ2) is 9.23. The lowest BCUT2D eigenvalue weighted by molar-refractivity contribution is -0.146. The topological polar surface area (TPSA) is 46.6 Å². The maximum Gasteiger partial charge on any atom is 0.310 e. The molecule has 132 valence electrons. The molecule has 0 aliphatic heterocycles. The Kier molecular flexibility index (Phi) is 7.02. The van der Waals surface area contributed by atoms with Crippen molar-refractivity contribution in [2.75, 3.05) is 13.7 Å². The van der Waals surface area contributed by atoms with Gasteiger partial charge in [-0.05, 0) is 23.3 Å². The highest BCUT2D eigenvalue weighted by Gasteiger charge is 2.22. The Bertz CT molecular complexity index is 701. The maximum atomic E-state index is 12.8. The fraction of sp³-hybridized carbons (Fsp3) is 0.300. The molecule has 2 aromatic carbocycles. The van der Waals surface area contributed by atoms with Crippen LogP contribution in [-0.2, 0) is 27.3 Å². The lowest BCUT2D eigenvalue weighted by atomic mass is 10.1. The number of hydrogen-bond acceptors (Lipinski definition) is 3. The van der Waals surface area contributed by atoms with Crippen LogP contribution in [0.15, 0.2) is 54.6 Å². The van der Waals surface area contributed by atoms with Gasteiger partial charge in [-0.1, -0.05) is 61.0 Å². The van der Waals surface area contributed by atoms with Crippen molar-refractivity contribution in [3.05, 3.63) is 70.7 Å². The molecule has 0 radical (unpaired) electrons. The van der Waals surface area contributed by atoms with Gasteiger partial charge in [-0.25, -0.2) is 0 Å². The van der Waals surface area contributed by atoms with E-state index in [0.717, 1.165) is 11.1 Å². The summed E-state index contributed by atoms with van der Waals surface area (Å²) in [5.41, 5.74) is 1.90. The minimum Gasteiger partial charge on any atom is -0.469 e. The zero-order valence-corrected chi connectivity index (χ0v) is 15.2. The number of hydrogen-bond donors (Lipinski definition) is 0. The number of halogens is 1. The van der Waals surface area contributed by atoms with E-state index in [0.29, 0.717) is 18.1 Å². The fourth-order valence-electron chi connectivity index (χ4n) is 2.55. The van der Waals surface area contributed by atoms with Crippen molar-refractivity contribution in [2.45, 2.75) is 19.9 Å². The number of ether oxygens (including phenoxy) is 1. The summed E-state index contributed by atoms with van der Waals surface area (Å²) in [4.78, 5) is 26.2. The Morgan fingerprint density at radius 3 is 2.28 bits per heavy atom. The second-order valence-electron chi connectivity index (χ2n) is 5.99. The van der Waals surface area contributed by atoms with E-state index in [1.54, 1.807) is 24.0 Å². The molecule has 0 saturated heterocycles. The smallest absolute Gasteiger partial charge is 0.310 e. The minimum atomic E-state index is -0.386. The van der Waals surface area contributed by atoms with Crippen LogP contribution in [0.1, 0.15) is 18.1 Å². The van der Waals surface area contributed by atoms with Crippen molar-refractivity contribution >= 4 is 23.5 Å². The SMILES string of the molecule is COC(=O)C(C)CN(Cc1ccccc1)C(=O)Cc1ccc(Cl)cc1. The van der Waals surface area contributed by atoms with Crippen LogP contribution in [0.2, 0.25) is 5.02 Å². The summed E-state index contributed by atoms with van der Waals surface area (Å²) in [5.74, 6) is -0.748. The number of benzene rings is 2. The van der Waals surface area contributed by atoms with Gasteiger partial charge >= 0.3 is 5.97 Å². The molecular weight excluding hydrogens is 338 g/mol. The third kappa shape index (κ3) is 5.91. The fourth-order valence-corrected chi connectivity index (χ4v) is 2.68. The first-order valence-corrected chi connectivity index (χ1v) is 8.51. The van der Waals surface area contributed by atoms with Gasteiger partial charge in [0, 0.05) is 18.1 Å². The van der Waals surface area contributed by atoms with E-state index < -0.39 is 0 Å². The average molecular weight is 360 g/mol. The van der Waals surface area contributed by atoms with E-state index in [2.05, 4.69) is 0 Å². The molecule has 0 bridgehead atoms. The van der Waals surface area contributed by atoms with Crippen molar-refractivity contribution < 1.29 is 14.3 Å². The summed E-state index contributed by atoms with van der Waals surface area (Å²) in [7, 11) is 1.36. The predicted octanol–water partition coefficient (Wildman–Crippen LogP) is 3.72. The average Bonchev–Trinajstić information content (AvgIpc) is 2.63. The molecule has 1 amide bonds. The van der Waals surface area contributed by atoms with Crippen LogP contribution >= 0.6 is 11.6 Å². The molecule has 4 nitrogen and oxygen atoms in total. The standard InChI is InChI=1S/C20H22ClNO3/c1-15(20(24)25-2)13-22(14-17-6-4-3-5-7-17)19(23)12-16-8-10-18(21)11-9-16/h3-11,15H,12-14H2,1-2H3. The third-order valence-corrected chi connectivity index (χ3v) is 4.19. The van der Waals surface area contributed by atoms with Crippen molar-refractivity contribution in [1.82, 2.24) is 4.90 Å². The van der Waals surface area contributed by atoms with Gasteiger partial charge in [-0.2, -0.15) is 0 Å². The summed E-state index contributed by atoms with van der Waals surface area (Å²) in [6.45, 7) is 2.53. The molecule has 1 atom stereocenters. The number of nitrogens with zero attached hydrogens (tertiary/aromatic N) is 1. The molecule has 1 unspecified atom stereocenters. The van der Waals surface area contributed by atoms with Gasteiger partial charge in [0.2, 0.25) is 5.91 Å². The highest BCUT2D eigenvalue weighted by Crippen LogP contribution is 2.14. The molecule has 0 aliphatic carbocycles. The summed E-state index contributed by atoms with van der Waals surface area (Å²) >= 11 is 5.89. The zero-order chi connectivity index (χ0) is 18.2. The summed E-state index contributed by atoms with van der Waals surface area (Å²) < 4.78 is 4.78. The predicted molar refractivity (Wildman–Crippen MR) is 98.2 cm³/mol. The largest absolute Gasteiger partial charge is 0.469 e. The van der Waals surface area contributed by atoms with Crippen LogP contribution in [0.3, 0.4) is 0 Å². The first kappa shape index (κ1) is 19.0. The molecular formula is C20H22ClNO3. The van der Waals surface area contributed by atoms with Crippen LogP contribution in [0.5, 0.6) is 0 Å².